The third-order valence-corrected chi connectivity index (χ3v) is 7.47. The van der Waals surface area contributed by atoms with Gasteiger partial charge in [-0.1, -0.05) is 11.6 Å². The van der Waals surface area contributed by atoms with Crippen LogP contribution in [0.5, 0.6) is 0 Å². The van der Waals surface area contributed by atoms with E-state index in [1.165, 1.54) is 22.5 Å². The molecule has 2 aliphatic heterocycles. The second-order valence-corrected chi connectivity index (χ2v) is 9.57. The summed E-state index contributed by atoms with van der Waals surface area (Å²) in [6.45, 7) is 2.07. The first-order valence-corrected chi connectivity index (χ1v) is 11.2. The van der Waals surface area contributed by atoms with Crippen molar-refractivity contribution < 1.29 is 17.9 Å². The largest absolute Gasteiger partial charge is 0.376 e. The second-order valence-electron chi connectivity index (χ2n) is 6.00. The predicted molar refractivity (Wildman–Crippen MR) is 98.8 cm³/mol. The fourth-order valence-corrected chi connectivity index (χ4v) is 5.69. The molecule has 9 heteroatoms. The van der Waals surface area contributed by atoms with Crippen molar-refractivity contribution in [2.75, 3.05) is 37.7 Å². The fourth-order valence-electron chi connectivity index (χ4n) is 2.88. The third-order valence-electron chi connectivity index (χ3n) is 4.30. The van der Waals surface area contributed by atoms with E-state index in [0.717, 1.165) is 24.3 Å². The van der Waals surface area contributed by atoms with Crippen LogP contribution in [0.3, 0.4) is 0 Å². The van der Waals surface area contributed by atoms with Gasteiger partial charge in [-0.15, -0.1) is 0 Å². The Morgan fingerprint density at radius 1 is 1.36 bits per heavy atom. The number of ether oxygens (including phenoxy) is 1. The summed E-state index contributed by atoms with van der Waals surface area (Å²) >= 11 is 7.85. The Bertz CT molecular complexity index is 730. The molecule has 2 aliphatic rings. The number of halogens is 1. The molecule has 0 saturated carbocycles. The van der Waals surface area contributed by atoms with Crippen LogP contribution in [0.25, 0.3) is 0 Å². The molecule has 3 rings (SSSR count). The molecule has 0 aliphatic carbocycles. The molecule has 1 amide bonds. The summed E-state index contributed by atoms with van der Waals surface area (Å²) in [5, 5.41) is 3.01. The minimum atomic E-state index is -3.61. The maximum Gasteiger partial charge on any atom is 0.252 e. The summed E-state index contributed by atoms with van der Waals surface area (Å²) in [5.74, 6) is 1.18. The van der Waals surface area contributed by atoms with Crippen molar-refractivity contribution in [2.24, 2.45) is 0 Å². The van der Waals surface area contributed by atoms with Crippen LogP contribution in [-0.2, 0) is 14.8 Å². The Kier molecular flexibility index (Phi) is 6.27. The van der Waals surface area contributed by atoms with E-state index in [0.29, 0.717) is 26.2 Å². The van der Waals surface area contributed by atoms with Crippen molar-refractivity contribution in [3.63, 3.8) is 0 Å². The molecule has 1 atom stereocenters. The Hall–Kier alpha value is -0.800. The van der Waals surface area contributed by atoms with Gasteiger partial charge in [0.15, 0.2) is 0 Å². The van der Waals surface area contributed by atoms with Crippen molar-refractivity contribution in [3.8, 4) is 0 Å². The molecule has 1 aromatic carbocycles. The summed E-state index contributed by atoms with van der Waals surface area (Å²) in [6.07, 6.45) is 1.92. The van der Waals surface area contributed by atoms with Gasteiger partial charge >= 0.3 is 0 Å². The molecule has 0 unspecified atom stereocenters. The molecular formula is C16H21ClN2O4S2. The lowest BCUT2D eigenvalue weighted by molar-refractivity contribution is 0.0857. The van der Waals surface area contributed by atoms with Gasteiger partial charge in [0, 0.05) is 37.7 Å². The zero-order valence-electron chi connectivity index (χ0n) is 13.7. The minimum absolute atomic E-state index is 0.0143. The molecule has 2 saturated heterocycles. The normalized spacial score (nSPS) is 22.0. The first-order valence-electron chi connectivity index (χ1n) is 8.26. The highest BCUT2D eigenvalue weighted by Gasteiger charge is 2.27. The van der Waals surface area contributed by atoms with Gasteiger partial charge in [-0.2, -0.15) is 16.1 Å². The van der Waals surface area contributed by atoms with E-state index in [9.17, 15) is 13.2 Å². The molecule has 6 nitrogen and oxygen atoms in total. The Labute approximate surface area is 157 Å². The summed E-state index contributed by atoms with van der Waals surface area (Å²) in [4.78, 5) is 12.5. The predicted octanol–water partition coefficient (Wildman–Crippen LogP) is 1.99. The molecule has 2 fully saturated rings. The highest BCUT2D eigenvalue weighted by atomic mass is 35.5. The zero-order chi connectivity index (χ0) is 17.9. The van der Waals surface area contributed by atoms with Crippen molar-refractivity contribution in [1.29, 1.82) is 0 Å². The van der Waals surface area contributed by atoms with Crippen molar-refractivity contribution in [1.82, 2.24) is 9.62 Å². The number of benzene rings is 1. The summed E-state index contributed by atoms with van der Waals surface area (Å²) in [7, 11) is -3.61. The highest BCUT2D eigenvalue weighted by molar-refractivity contribution is 7.99. The number of sulfonamides is 1. The van der Waals surface area contributed by atoms with Crippen LogP contribution in [0.4, 0.5) is 0 Å². The minimum Gasteiger partial charge on any atom is -0.376 e. The van der Waals surface area contributed by atoms with E-state index in [1.807, 2.05) is 0 Å². The molecule has 0 aromatic heterocycles. The van der Waals surface area contributed by atoms with Crippen LogP contribution < -0.4 is 5.32 Å². The van der Waals surface area contributed by atoms with Crippen LogP contribution in [0.15, 0.2) is 23.1 Å². The topological polar surface area (TPSA) is 75.7 Å². The van der Waals surface area contributed by atoms with Crippen molar-refractivity contribution >= 4 is 39.3 Å². The average Bonchev–Trinajstić information content (AvgIpc) is 3.14. The van der Waals surface area contributed by atoms with Gasteiger partial charge in [-0.3, -0.25) is 4.79 Å². The Balaban J connectivity index is 1.76. The number of thioether (sulfide) groups is 1. The van der Waals surface area contributed by atoms with Crippen LogP contribution in [0.2, 0.25) is 5.02 Å². The first-order chi connectivity index (χ1) is 12.0. The van der Waals surface area contributed by atoms with Crippen LogP contribution in [0, 0.1) is 0 Å². The summed E-state index contributed by atoms with van der Waals surface area (Å²) < 4.78 is 32.5. The standard InChI is InChI=1S/C16H21ClN2O4S2/c17-15-4-3-13(25(21,22)19-5-8-24-9-6-19)10-14(15)16(20)18-11-12-2-1-7-23-12/h3-4,10,12H,1-2,5-9,11H2,(H,18,20)/t12-/m1/s1. The third kappa shape index (κ3) is 4.49. The van der Waals surface area contributed by atoms with Crippen LogP contribution in [0.1, 0.15) is 23.2 Å². The van der Waals surface area contributed by atoms with Crippen molar-refractivity contribution in [3.05, 3.63) is 28.8 Å². The fraction of sp³-hybridized carbons (Fsp3) is 0.562. The van der Waals surface area contributed by atoms with E-state index in [4.69, 9.17) is 16.3 Å². The van der Waals surface area contributed by atoms with E-state index in [-0.39, 0.29) is 27.5 Å². The Morgan fingerprint density at radius 2 is 2.12 bits per heavy atom. The molecule has 1 aromatic rings. The number of amides is 1. The van der Waals surface area contributed by atoms with E-state index >= 15 is 0 Å². The molecule has 0 spiro atoms. The van der Waals surface area contributed by atoms with Crippen LogP contribution >= 0.6 is 23.4 Å². The Morgan fingerprint density at radius 3 is 2.80 bits per heavy atom. The number of carbonyl (C=O) groups excluding carboxylic acids is 1. The van der Waals surface area contributed by atoms with Crippen molar-refractivity contribution in [2.45, 2.75) is 23.8 Å². The maximum absolute atomic E-state index is 12.8. The smallest absolute Gasteiger partial charge is 0.252 e. The summed E-state index contributed by atoms with van der Waals surface area (Å²) in [6, 6.07) is 4.29. The van der Waals surface area contributed by atoms with Gasteiger partial charge in [0.25, 0.3) is 5.91 Å². The van der Waals surface area contributed by atoms with Gasteiger partial charge in [0.05, 0.1) is 21.6 Å². The molecule has 25 heavy (non-hydrogen) atoms. The molecule has 1 N–H and O–H groups in total. The monoisotopic (exact) mass is 404 g/mol. The number of hydrogen-bond acceptors (Lipinski definition) is 5. The average molecular weight is 405 g/mol. The van der Waals surface area contributed by atoms with Gasteiger partial charge in [0.2, 0.25) is 10.0 Å². The first kappa shape index (κ1) is 19.0. The molecule has 2 heterocycles. The maximum atomic E-state index is 12.8. The van der Waals surface area contributed by atoms with Gasteiger partial charge < -0.3 is 10.1 Å². The number of rotatable bonds is 5. The molecular weight excluding hydrogens is 384 g/mol. The lowest BCUT2D eigenvalue weighted by atomic mass is 10.2. The molecule has 0 bridgehead atoms. The van der Waals surface area contributed by atoms with Gasteiger partial charge in [-0.25, -0.2) is 8.42 Å². The zero-order valence-corrected chi connectivity index (χ0v) is 16.1. The lowest BCUT2D eigenvalue weighted by Gasteiger charge is -2.25. The van der Waals surface area contributed by atoms with E-state index < -0.39 is 10.0 Å². The van der Waals surface area contributed by atoms with E-state index in [2.05, 4.69) is 5.32 Å². The second kappa shape index (κ2) is 8.26. The quantitative estimate of drug-likeness (QED) is 0.812. The number of carbonyl (C=O) groups is 1. The number of hydrogen-bond donors (Lipinski definition) is 1. The van der Waals surface area contributed by atoms with Gasteiger partial charge in [0.1, 0.15) is 0 Å². The van der Waals surface area contributed by atoms with Gasteiger partial charge in [-0.05, 0) is 31.0 Å². The van der Waals surface area contributed by atoms with E-state index in [1.54, 1.807) is 11.8 Å². The molecule has 138 valence electrons. The number of nitrogens with zero attached hydrogens (tertiary/aromatic N) is 1. The lowest BCUT2D eigenvalue weighted by Crippen LogP contribution is -2.38. The molecule has 0 radical (unpaired) electrons. The number of nitrogens with one attached hydrogen (secondary N) is 1. The van der Waals surface area contributed by atoms with Crippen LogP contribution in [-0.4, -0.2) is 62.5 Å². The summed E-state index contributed by atoms with van der Waals surface area (Å²) in [5.41, 5.74) is 0.173. The highest BCUT2D eigenvalue weighted by Crippen LogP contribution is 2.25. The SMILES string of the molecule is O=C(NC[C@H]1CCCO1)c1cc(S(=O)(=O)N2CCSCC2)ccc1Cl.